The molecule has 0 aliphatic heterocycles. The Kier molecular flexibility index (Phi) is 4.37. The van der Waals surface area contributed by atoms with Crippen molar-refractivity contribution >= 4 is 28.4 Å². The van der Waals surface area contributed by atoms with Crippen molar-refractivity contribution in [1.29, 1.82) is 0 Å². The molecule has 5 nitrogen and oxygen atoms in total. The predicted octanol–water partition coefficient (Wildman–Crippen LogP) is 2.76. The summed E-state index contributed by atoms with van der Waals surface area (Å²) in [7, 11) is 0. The minimum Gasteiger partial charge on any atom is -0.355 e. The van der Waals surface area contributed by atoms with Crippen LogP contribution in [0.2, 0.25) is 0 Å². The molecule has 2 atom stereocenters. The first-order chi connectivity index (χ1) is 11.1. The van der Waals surface area contributed by atoms with Gasteiger partial charge in [-0.1, -0.05) is 6.92 Å². The lowest BCUT2D eigenvalue weighted by molar-refractivity contribution is -0.122. The topological polar surface area (TPSA) is 63.1 Å². The fourth-order valence-electron chi connectivity index (χ4n) is 2.89. The van der Waals surface area contributed by atoms with Crippen LogP contribution in [0.1, 0.15) is 26.7 Å². The van der Waals surface area contributed by atoms with E-state index in [-0.39, 0.29) is 17.7 Å². The Labute approximate surface area is 136 Å². The summed E-state index contributed by atoms with van der Waals surface area (Å²) in [5.41, 5.74) is 1.95. The molecule has 1 fully saturated rings. The molecule has 2 N–H and O–H groups in total. The van der Waals surface area contributed by atoms with Crippen LogP contribution in [0.3, 0.4) is 0 Å². The van der Waals surface area contributed by atoms with E-state index >= 15 is 0 Å². The Morgan fingerprint density at radius 2 is 2.09 bits per heavy atom. The predicted molar refractivity (Wildman–Crippen MR) is 91.1 cm³/mol. The standard InChI is InChI=1S/C18H23N3O2/c1-3-21-9-7-13-11-14(4-5-16(13)21)20-17(22)6-8-19-18(23)15-10-12(15)2/h4-5,7,9,11-12,15H,3,6,8,10H2,1-2H3,(H,19,23)(H,20,22)/t12-,15+/m1/s1. The first kappa shape index (κ1) is 15.6. The third-order valence-electron chi connectivity index (χ3n) is 4.49. The van der Waals surface area contributed by atoms with Crippen LogP contribution in [0.5, 0.6) is 0 Å². The highest BCUT2D eigenvalue weighted by molar-refractivity contribution is 5.94. The summed E-state index contributed by atoms with van der Waals surface area (Å²) in [5.74, 6) is 0.644. The van der Waals surface area contributed by atoms with Crippen molar-refractivity contribution in [2.75, 3.05) is 11.9 Å². The number of rotatable bonds is 6. The van der Waals surface area contributed by atoms with E-state index in [4.69, 9.17) is 0 Å². The maximum absolute atomic E-state index is 12.0. The molecular formula is C18H23N3O2. The first-order valence-electron chi connectivity index (χ1n) is 8.25. The van der Waals surface area contributed by atoms with Crippen LogP contribution in [0.25, 0.3) is 10.9 Å². The number of aryl methyl sites for hydroxylation is 1. The maximum atomic E-state index is 12.0. The molecule has 1 aliphatic carbocycles. The van der Waals surface area contributed by atoms with Gasteiger partial charge in [-0.3, -0.25) is 9.59 Å². The van der Waals surface area contributed by atoms with E-state index in [1.165, 1.54) is 0 Å². The SMILES string of the molecule is CCn1ccc2cc(NC(=O)CCNC(=O)[C@H]3C[C@H]3C)ccc21. The summed E-state index contributed by atoms with van der Waals surface area (Å²) in [6.07, 6.45) is 3.31. The Morgan fingerprint density at radius 1 is 1.30 bits per heavy atom. The number of hydrogen-bond acceptors (Lipinski definition) is 2. The number of carbonyl (C=O) groups is 2. The third-order valence-corrected chi connectivity index (χ3v) is 4.49. The van der Waals surface area contributed by atoms with Crippen molar-refractivity contribution in [2.24, 2.45) is 11.8 Å². The highest BCUT2D eigenvalue weighted by Gasteiger charge is 2.38. The van der Waals surface area contributed by atoms with Gasteiger partial charge in [0.1, 0.15) is 0 Å². The lowest BCUT2D eigenvalue weighted by Gasteiger charge is -2.07. The zero-order valence-electron chi connectivity index (χ0n) is 13.6. The van der Waals surface area contributed by atoms with E-state index in [0.717, 1.165) is 29.6 Å². The Balaban J connectivity index is 1.50. The van der Waals surface area contributed by atoms with Crippen LogP contribution in [0.15, 0.2) is 30.5 Å². The van der Waals surface area contributed by atoms with Crippen LogP contribution in [0, 0.1) is 11.8 Å². The summed E-state index contributed by atoms with van der Waals surface area (Å²) in [6, 6.07) is 7.96. The number of amides is 2. The monoisotopic (exact) mass is 313 g/mol. The third kappa shape index (κ3) is 3.55. The molecule has 0 saturated heterocycles. The number of anilines is 1. The van der Waals surface area contributed by atoms with Crippen molar-refractivity contribution in [3.8, 4) is 0 Å². The largest absolute Gasteiger partial charge is 0.355 e. The molecular weight excluding hydrogens is 290 g/mol. The van der Waals surface area contributed by atoms with Gasteiger partial charge in [0.2, 0.25) is 11.8 Å². The molecule has 2 aromatic rings. The smallest absolute Gasteiger partial charge is 0.226 e. The number of nitrogens with zero attached hydrogens (tertiary/aromatic N) is 1. The number of carbonyl (C=O) groups excluding carboxylic acids is 2. The van der Waals surface area contributed by atoms with Gasteiger partial charge in [0.05, 0.1) is 0 Å². The lowest BCUT2D eigenvalue weighted by atomic mass is 10.2. The molecule has 0 radical (unpaired) electrons. The molecule has 0 spiro atoms. The van der Waals surface area contributed by atoms with E-state index in [0.29, 0.717) is 18.9 Å². The lowest BCUT2D eigenvalue weighted by Crippen LogP contribution is -2.29. The van der Waals surface area contributed by atoms with Gasteiger partial charge in [-0.05, 0) is 43.5 Å². The second-order valence-electron chi connectivity index (χ2n) is 6.28. The van der Waals surface area contributed by atoms with Gasteiger partial charge in [-0.15, -0.1) is 0 Å². The normalized spacial score (nSPS) is 19.6. The van der Waals surface area contributed by atoms with E-state index < -0.39 is 0 Å². The highest BCUT2D eigenvalue weighted by Crippen LogP contribution is 2.37. The van der Waals surface area contributed by atoms with E-state index in [1.807, 2.05) is 30.5 Å². The molecule has 1 aliphatic rings. The summed E-state index contributed by atoms with van der Waals surface area (Å²) < 4.78 is 2.16. The Bertz CT molecular complexity index is 735. The van der Waals surface area contributed by atoms with Crippen LogP contribution in [0.4, 0.5) is 5.69 Å². The molecule has 5 heteroatoms. The van der Waals surface area contributed by atoms with Gasteiger partial charge in [0, 0.05) is 48.2 Å². The van der Waals surface area contributed by atoms with Crippen LogP contribution >= 0.6 is 0 Å². The van der Waals surface area contributed by atoms with Gasteiger partial charge in [0.15, 0.2) is 0 Å². The van der Waals surface area contributed by atoms with Gasteiger partial charge in [-0.25, -0.2) is 0 Å². The van der Waals surface area contributed by atoms with Gasteiger partial charge in [-0.2, -0.15) is 0 Å². The quantitative estimate of drug-likeness (QED) is 0.861. The average Bonchev–Trinajstić information content (AvgIpc) is 3.12. The molecule has 23 heavy (non-hydrogen) atoms. The van der Waals surface area contributed by atoms with Crippen LogP contribution < -0.4 is 10.6 Å². The molecule has 122 valence electrons. The Morgan fingerprint density at radius 3 is 2.78 bits per heavy atom. The average molecular weight is 313 g/mol. The van der Waals surface area contributed by atoms with Crippen molar-refractivity contribution in [2.45, 2.75) is 33.2 Å². The summed E-state index contributed by atoms with van der Waals surface area (Å²) in [5, 5.41) is 6.83. The maximum Gasteiger partial charge on any atom is 0.226 e. The van der Waals surface area contributed by atoms with E-state index in [1.54, 1.807) is 0 Å². The number of nitrogens with one attached hydrogen (secondary N) is 2. The minimum absolute atomic E-state index is 0.0765. The molecule has 3 rings (SSSR count). The fourth-order valence-corrected chi connectivity index (χ4v) is 2.89. The highest BCUT2D eigenvalue weighted by atomic mass is 16.2. The summed E-state index contributed by atoms with van der Waals surface area (Å²) in [6.45, 7) is 5.49. The zero-order valence-corrected chi connectivity index (χ0v) is 13.6. The number of aromatic nitrogens is 1. The number of fused-ring (bicyclic) bond motifs is 1. The molecule has 2 amide bonds. The second-order valence-corrected chi connectivity index (χ2v) is 6.28. The zero-order chi connectivity index (χ0) is 16.4. The fraction of sp³-hybridized carbons (Fsp3) is 0.444. The first-order valence-corrected chi connectivity index (χ1v) is 8.25. The minimum atomic E-state index is -0.0802. The van der Waals surface area contributed by atoms with E-state index in [2.05, 4.69) is 29.0 Å². The van der Waals surface area contributed by atoms with Crippen molar-refractivity contribution < 1.29 is 9.59 Å². The molecule has 1 aromatic carbocycles. The van der Waals surface area contributed by atoms with Crippen LogP contribution in [-0.2, 0) is 16.1 Å². The molecule has 0 bridgehead atoms. The number of hydrogen-bond donors (Lipinski definition) is 2. The van der Waals surface area contributed by atoms with Gasteiger partial charge in [0.25, 0.3) is 0 Å². The van der Waals surface area contributed by atoms with Crippen molar-refractivity contribution in [3.05, 3.63) is 30.5 Å². The molecule has 0 unspecified atom stereocenters. The van der Waals surface area contributed by atoms with Crippen molar-refractivity contribution in [1.82, 2.24) is 9.88 Å². The molecule has 1 saturated carbocycles. The van der Waals surface area contributed by atoms with Gasteiger partial charge < -0.3 is 15.2 Å². The van der Waals surface area contributed by atoms with E-state index in [9.17, 15) is 9.59 Å². The molecule has 1 aromatic heterocycles. The van der Waals surface area contributed by atoms with Crippen LogP contribution in [-0.4, -0.2) is 22.9 Å². The number of benzene rings is 1. The summed E-state index contributed by atoms with van der Waals surface area (Å²) >= 11 is 0. The molecule has 1 heterocycles. The second kappa shape index (κ2) is 6.44. The van der Waals surface area contributed by atoms with Crippen molar-refractivity contribution in [3.63, 3.8) is 0 Å². The summed E-state index contributed by atoms with van der Waals surface area (Å²) in [4.78, 5) is 23.7. The Hall–Kier alpha value is -2.30. The van der Waals surface area contributed by atoms with Gasteiger partial charge >= 0.3 is 0 Å².